The molecule has 0 radical (unpaired) electrons. The van der Waals surface area contributed by atoms with E-state index in [1.807, 2.05) is 12.1 Å². The van der Waals surface area contributed by atoms with E-state index in [2.05, 4.69) is 10.2 Å². The minimum atomic E-state index is -0.280. The Morgan fingerprint density at radius 2 is 1.72 bits per heavy atom. The molecular formula is C22H25N3O4. The molecule has 3 amide bonds. The van der Waals surface area contributed by atoms with E-state index in [9.17, 15) is 14.4 Å². The molecule has 4 rings (SSSR count). The maximum absolute atomic E-state index is 12.4. The van der Waals surface area contributed by atoms with Crippen LogP contribution < -0.4 is 5.32 Å². The van der Waals surface area contributed by atoms with Gasteiger partial charge in [0.25, 0.3) is 11.8 Å². The Morgan fingerprint density at radius 1 is 1.03 bits per heavy atom. The van der Waals surface area contributed by atoms with Crippen LogP contribution in [0.2, 0.25) is 0 Å². The Kier molecular flexibility index (Phi) is 5.76. The van der Waals surface area contributed by atoms with E-state index in [0.29, 0.717) is 24.1 Å². The molecule has 0 aliphatic carbocycles. The molecule has 1 atom stereocenters. The predicted molar refractivity (Wildman–Crippen MR) is 106 cm³/mol. The quantitative estimate of drug-likeness (QED) is 0.695. The summed E-state index contributed by atoms with van der Waals surface area (Å²) in [4.78, 5) is 40.6. The van der Waals surface area contributed by atoms with Crippen molar-refractivity contribution in [2.75, 3.05) is 26.2 Å². The first-order valence-electron chi connectivity index (χ1n) is 10.1. The first-order chi connectivity index (χ1) is 14.1. The number of hydrogen-bond acceptors (Lipinski definition) is 5. The molecule has 152 valence electrons. The molecule has 1 N–H and O–H groups in total. The van der Waals surface area contributed by atoms with Crippen molar-refractivity contribution < 1.29 is 18.8 Å². The lowest BCUT2D eigenvalue weighted by atomic mass is 10.1. The number of hydrogen-bond donors (Lipinski definition) is 1. The highest BCUT2D eigenvalue weighted by molar-refractivity contribution is 6.21. The zero-order chi connectivity index (χ0) is 20.2. The Hall–Kier alpha value is -2.93. The summed E-state index contributed by atoms with van der Waals surface area (Å²) in [6.07, 6.45) is 4.67. The number of likely N-dealkylation sites (tertiary alicyclic amines) is 1. The lowest BCUT2D eigenvalue weighted by molar-refractivity contribution is -0.121. The van der Waals surface area contributed by atoms with Crippen LogP contribution in [-0.4, -0.2) is 53.7 Å². The van der Waals surface area contributed by atoms with Gasteiger partial charge in [-0.15, -0.1) is 0 Å². The number of fused-ring (bicyclic) bond motifs is 1. The van der Waals surface area contributed by atoms with Gasteiger partial charge in [0.2, 0.25) is 5.91 Å². The second kappa shape index (κ2) is 8.61. The highest BCUT2D eigenvalue weighted by Crippen LogP contribution is 2.25. The first kappa shape index (κ1) is 19.4. The predicted octanol–water partition coefficient (Wildman–Crippen LogP) is 2.61. The van der Waals surface area contributed by atoms with Gasteiger partial charge >= 0.3 is 0 Å². The number of rotatable bonds is 8. The second-order valence-electron chi connectivity index (χ2n) is 7.49. The molecule has 2 aromatic rings. The fourth-order valence-corrected chi connectivity index (χ4v) is 4.08. The van der Waals surface area contributed by atoms with Gasteiger partial charge in [-0.25, -0.2) is 0 Å². The third-order valence-electron chi connectivity index (χ3n) is 5.61. The summed E-state index contributed by atoms with van der Waals surface area (Å²) in [6, 6.07) is 10.7. The molecule has 1 aromatic carbocycles. The van der Waals surface area contributed by atoms with Gasteiger partial charge in [-0.05, 0) is 56.6 Å². The number of amides is 3. The zero-order valence-electron chi connectivity index (χ0n) is 16.3. The number of nitrogens with one attached hydrogen (secondary N) is 1. The highest BCUT2D eigenvalue weighted by Gasteiger charge is 2.34. The van der Waals surface area contributed by atoms with Gasteiger partial charge in [-0.2, -0.15) is 0 Å². The number of carbonyl (C=O) groups excluding carboxylic acids is 3. The number of benzene rings is 1. The van der Waals surface area contributed by atoms with Gasteiger partial charge in [0.15, 0.2) is 0 Å². The lowest BCUT2D eigenvalue weighted by Crippen LogP contribution is -2.37. The standard InChI is InChI=1S/C22H25N3O4/c26-20(23-15-18(19-9-6-14-29-19)24-11-3-4-12-24)10-5-13-25-21(27)16-7-1-2-8-17(16)22(25)28/h1-2,6-9,14,18H,3-5,10-13,15H2,(H,23,26). The van der Waals surface area contributed by atoms with Crippen molar-refractivity contribution >= 4 is 17.7 Å². The molecule has 0 saturated carbocycles. The Morgan fingerprint density at radius 3 is 2.34 bits per heavy atom. The van der Waals surface area contributed by atoms with Crippen molar-refractivity contribution in [3.63, 3.8) is 0 Å². The van der Waals surface area contributed by atoms with Gasteiger partial charge in [0, 0.05) is 19.5 Å². The van der Waals surface area contributed by atoms with Crippen molar-refractivity contribution in [1.82, 2.24) is 15.1 Å². The summed E-state index contributed by atoms with van der Waals surface area (Å²) >= 11 is 0. The smallest absolute Gasteiger partial charge is 0.261 e. The normalized spacial score (nSPS) is 17.6. The second-order valence-corrected chi connectivity index (χ2v) is 7.49. The summed E-state index contributed by atoms with van der Waals surface area (Å²) < 4.78 is 5.57. The van der Waals surface area contributed by atoms with E-state index in [1.165, 1.54) is 4.90 Å². The van der Waals surface area contributed by atoms with Crippen LogP contribution in [0, 0.1) is 0 Å². The van der Waals surface area contributed by atoms with Crippen LogP contribution in [0.25, 0.3) is 0 Å². The number of nitrogens with zero attached hydrogens (tertiary/aromatic N) is 2. The third kappa shape index (κ3) is 4.10. The lowest BCUT2D eigenvalue weighted by Gasteiger charge is -2.26. The Labute approximate surface area is 169 Å². The van der Waals surface area contributed by atoms with Crippen LogP contribution in [0.15, 0.2) is 47.1 Å². The van der Waals surface area contributed by atoms with Crippen LogP contribution in [0.4, 0.5) is 0 Å². The fourth-order valence-electron chi connectivity index (χ4n) is 4.08. The molecule has 1 aromatic heterocycles. The maximum atomic E-state index is 12.4. The van der Waals surface area contributed by atoms with E-state index in [0.717, 1.165) is 31.7 Å². The van der Waals surface area contributed by atoms with Gasteiger partial charge in [0.1, 0.15) is 5.76 Å². The molecule has 3 heterocycles. The van der Waals surface area contributed by atoms with Gasteiger partial charge in [-0.3, -0.25) is 24.2 Å². The minimum absolute atomic E-state index is 0.0349. The summed E-state index contributed by atoms with van der Waals surface area (Å²) in [7, 11) is 0. The van der Waals surface area contributed by atoms with E-state index in [-0.39, 0.29) is 36.7 Å². The van der Waals surface area contributed by atoms with E-state index in [4.69, 9.17) is 4.42 Å². The molecule has 1 unspecified atom stereocenters. The van der Waals surface area contributed by atoms with Crippen molar-refractivity contribution in [1.29, 1.82) is 0 Å². The molecule has 0 bridgehead atoms. The van der Waals surface area contributed by atoms with Crippen molar-refractivity contribution in [3.8, 4) is 0 Å². The van der Waals surface area contributed by atoms with Crippen LogP contribution in [0.1, 0.15) is 58.2 Å². The third-order valence-corrected chi connectivity index (χ3v) is 5.61. The van der Waals surface area contributed by atoms with Gasteiger partial charge in [-0.1, -0.05) is 12.1 Å². The molecule has 29 heavy (non-hydrogen) atoms. The average molecular weight is 395 g/mol. The molecule has 7 heteroatoms. The van der Waals surface area contributed by atoms with Crippen LogP contribution in [0.3, 0.4) is 0 Å². The number of carbonyl (C=O) groups is 3. The van der Waals surface area contributed by atoms with Crippen LogP contribution in [-0.2, 0) is 4.79 Å². The Bertz CT molecular complexity index is 852. The molecule has 1 saturated heterocycles. The SMILES string of the molecule is O=C(CCCN1C(=O)c2ccccc2C1=O)NCC(c1ccco1)N1CCCC1. The van der Waals surface area contributed by atoms with E-state index >= 15 is 0 Å². The molecule has 7 nitrogen and oxygen atoms in total. The van der Waals surface area contributed by atoms with Gasteiger partial charge in [0.05, 0.1) is 23.4 Å². The topological polar surface area (TPSA) is 82.9 Å². The van der Waals surface area contributed by atoms with Crippen molar-refractivity contribution in [3.05, 3.63) is 59.5 Å². The summed E-state index contributed by atoms with van der Waals surface area (Å²) in [6.45, 7) is 2.73. The average Bonchev–Trinajstić information content (AvgIpc) is 3.48. The molecule has 1 fully saturated rings. The summed E-state index contributed by atoms with van der Waals surface area (Å²) in [5, 5.41) is 2.98. The minimum Gasteiger partial charge on any atom is -0.468 e. The van der Waals surface area contributed by atoms with Crippen molar-refractivity contribution in [2.24, 2.45) is 0 Å². The first-order valence-corrected chi connectivity index (χ1v) is 10.1. The molecule has 2 aliphatic heterocycles. The summed E-state index contributed by atoms with van der Waals surface area (Å²) in [5.41, 5.74) is 0.878. The fraction of sp³-hybridized carbons (Fsp3) is 0.409. The molecule has 0 spiro atoms. The van der Waals surface area contributed by atoms with E-state index < -0.39 is 0 Å². The number of furan rings is 1. The van der Waals surface area contributed by atoms with Crippen molar-refractivity contribution in [2.45, 2.75) is 31.7 Å². The Balaban J connectivity index is 1.26. The van der Waals surface area contributed by atoms with E-state index in [1.54, 1.807) is 30.5 Å². The van der Waals surface area contributed by atoms with Gasteiger partial charge < -0.3 is 9.73 Å². The maximum Gasteiger partial charge on any atom is 0.261 e. The summed E-state index contributed by atoms with van der Waals surface area (Å²) in [5.74, 6) is 0.214. The zero-order valence-corrected chi connectivity index (χ0v) is 16.3. The monoisotopic (exact) mass is 395 g/mol. The largest absolute Gasteiger partial charge is 0.468 e. The van der Waals surface area contributed by atoms with Crippen LogP contribution in [0.5, 0.6) is 0 Å². The molecule has 2 aliphatic rings. The highest BCUT2D eigenvalue weighted by atomic mass is 16.3. The van der Waals surface area contributed by atoms with Crippen LogP contribution >= 0.6 is 0 Å². The molecular weight excluding hydrogens is 370 g/mol. The number of imide groups is 1.